The maximum absolute atomic E-state index is 12.3. The molecule has 0 unspecified atom stereocenters. The lowest BCUT2D eigenvalue weighted by atomic mass is 10.3. The van der Waals surface area contributed by atoms with Crippen LogP contribution in [0.5, 0.6) is 0 Å². The summed E-state index contributed by atoms with van der Waals surface area (Å²) in [6.45, 7) is 6.21. The third kappa shape index (κ3) is 4.13. The number of sulfonamides is 1. The number of hydrogen-bond acceptors (Lipinski definition) is 6. The third-order valence-electron chi connectivity index (χ3n) is 2.77. The monoisotopic (exact) mass is 313 g/mol. The predicted molar refractivity (Wildman–Crippen MR) is 75.8 cm³/mol. The van der Waals surface area contributed by atoms with Gasteiger partial charge in [0.1, 0.15) is 5.76 Å². The molecule has 2 aromatic rings. The predicted octanol–water partition coefficient (Wildman–Crippen LogP) is 0.683. The lowest BCUT2D eigenvalue weighted by molar-refractivity contribution is 0.390. The van der Waals surface area contributed by atoms with E-state index in [9.17, 15) is 8.42 Å². The number of H-pyrrole nitrogens is 1. The Morgan fingerprint density at radius 1 is 1.38 bits per heavy atom. The van der Waals surface area contributed by atoms with Crippen LogP contribution in [0.4, 0.5) is 0 Å². The fraction of sp³-hybridized carbons (Fsp3) is 0.500. The van der Waals surface area contributed by atoms with Crippen molar-refractivity contribution in [2.45, 2.75) is 44.9 Å². The third-order valence-corrected chi connectivity index (χ3v) is 4.18. The van der Waals surface area contributed by atoms with Crippen LogP contribution in [0.2, 0.25) is 0 Å². The van der Waals surface area contributed by atoms with Crippen molar-refractivity contribution in [1.29, 1.82) is 0 Å². The number of aromatic amines is 1. The van der Waals surface area contributed by atoms with E-state index in [-0.39, 0.29) is 17.6 Å². The summed E-state index contributed by atoms with van der Waals surface area (Å²) in [7, 11) is -3.67. The van der Waals surface area contributed by atoms with Crippen molar-refractivity contribution in [2.24, 2.45) is 0 Å². The Balaban J connectivity index is 2.07. The fourth-order valence-electron chi connectivity index (χ4n) is 1.71. The van der Waals surface area contributed by atoms with E-state index in [1.165, 1.54) is 6.20 Å². The van der Waals surface area contributed by atoms with Gasteiger partial charge in [-0.15, -0.1) is 0 Å². The number of hydrogen-bond donors (Lipinski definition) is 3. The molecule has 0 aliphatic heterocycles. The lowest BCUT2D eigenvalue weighted by Gasteiger charge is -2.09. The highest BCUT2D eigenvalue weighted by Gasteiger charge is 2.21. The van der Waals surface area contributed by atoms with E-state index in [0.717, 1.165) is 0 Å². The second-order valence-corrected chi connectivity index (χ2v) is 6.72. The topological polar surface area (TPSA) is 113 Å². The molecule has 21 heavy (non-hydrogen) atoms. The molecule has 0 atom stereocenters. The Morgan fingerprint density at radius 2 is 2.14 bits per heavy atom. The number of aryl methyl sites for hydroxylation is 1. The van der Waals surface area contributed by atoms with Crippen LogP contribution in [0, 0.1) is 6.92 Å². The van der Waals surface area contributed by atoms with E-state index in [4.69, 9.17) is 4.52 Å². The second kappa shape index (κ2) is 6.37. The standard InChI is InChI=1S/C12H19N5O3S/c1-8(2)13-5-10-6-14-16-12(10)21(18,19)15-7-11-4-9(3)20-17-11/h4,6,8,13,15H,5,7H2,1-3H3,(H,14,16). The van der Waals surface area contributed by atoms with Crippen molar-refractivity contribution >= 4 is 10.0 Å². The summed E-state index contributed by atoms with van der Waals surface area (Å²) in [5.74, 6) is 0.632. The zero-order chi connectivity index (χ0) is 15.5. The molecule has 0 spiro atoms. The smallest absolute Gasteiger partial charge is 0.258 e. The van der Waals surface area contributed by atoms with E-state index < -0.39 is 10.0 Å². The summed E-state index contributed by atoms with van der Waals surface area (Å²) in [6.07, 6.45) is 1.50. The van der Waals surface area contributed by atoms with Gasteiger partial charge in [0.15, 0.2) is 5.03 Å². The zero-order valence-corrected chi connectivity index (χ0v) is 13.0. The highest BCUT2D eigenvalue weighted by Crippen LogP contribution is 2.12. The van der Waals surface area contributed by atoms with Crippen LogP contribution < -0.4 is 10.0 Å². The van der Waals surface area contributed by atoms with Gasteiger partial charge < -0.3 is 9.84 Å². The maximum Gasteiger partial charge on any atom is 0.258 e. The van der Waals surface area contributed by atoms with Crippen LogP contribution in [0.15, 0.2) is 21.8 Å². The summed E-state index contributed by atoms with van der Waals surface area (Å²) in [4.78, 5) is 0. The van der Waals surface area contributed by atoms with E-state index >= 15 is 0 Å². The van der Waals surface area contributed by atoms with Gasteiger partial charge in [-0.2, -0.15) is 5.10 Å². The number of aromatic nitrogens is 3. The van der Waals surface area contributed by atoms with Crippen molar-refractivity contribution in [3.63, 3.8) is 0 Å². The van der Waals surface area contributed by atoms with Crippen LogP contribution in [0.1, 0.15) is 30.9 Å². The normalized spacial score (nSPS) is 12.2. The van der Waals surface area contributed by atoms with E-state index in [2.05, 4.69) is 25.4 Å². The molecule has 0 fully saturated rings. The molecule has 3 N–H and O–H groups in total. The summed E-state index contributed by atoms with van der Waals surface area (Å²) in [5.41, 5.74) is 1.12. The van der Waals surface area contributed by atoms with Crippen molar-refractivity contribution < 1.29 is 12.9 Å². The molecule has 0 bridgehead atoms. The van der Waals surface area contributed by atoms with Crippen molar-refractivity contribution in [3.05, 3.63) is 29.3 Å². The average Bonchev–Trinajstić information content (AvgIpc) is 3.03. The Morgan fingerprint density at radius 3 is 2.76 bits per heavy atom. The zero-order valence-electron chi connectivity index (χ0n) is 12.2. The summed E-state index contributed by atoms with van der Waals surface area (Å²) in [5, 5.41) is 13.3. The van der Waals surface area contributed by atoms with E-state index in [1.54, 1.807) is 13.0 Å². The van der Waals surface area contributed by atoms with Crippen molar-refractivity contribution in [3.8, 4) is 0 Å². The molecule has 2 heterocycles. The molecule has 0 aliphatic rings. The molecule has 2 aromatic heterocycles. The largest absolute Gasteiger partial charge is 0.361 e. The van der Waals surface area contributed by atoms with Gasteiger partial charge in [0.05, 0.1) is 18.4 Å². The SMILES string of the molecule is Cc1cc(CNS(=O)(=O)c2[nH]ncc2CNC(C)C)no1. The molecule has 0 saturated carbocycles. The second-order valence-electron chi connectivity index (χ2n) is 5.01. The molecule has 2 rings (SSSR count). The first-order chi connectivity index (χ1) is 9.88. The van der Waals surface area contributed by atoms with Gasteiger partial charge in [0, 0.05) is 24.2 Å². The Kier molecular flexibility index (Phi) is 4.76. The minimum Gasteiger partial charge on any atom is -0.361 e. The minimum absolute atomic E-state index is 0.0652. The molecule has 116 valence electrons. The number of nitrogens with one attached hydrogen (secondary N) is 3. The van der Waals surface area contributed by atoms with Crippen LogP contribution in [-0.2, 0) is 23.1 Å². The van der Waals surface area contributed by atoms with Gasteiger partial charge in [-0.25, -0.2) is 13.1 Å². The first-order valence-electron chi connectivity index (χ1n) is 6.56. The van der Waals surface area contributed by atoms with Crippen LogP contribution in [-0.4, -0.2) is 29.8 Å². The van der Waals surface area contributed by atoms with Gasteiger partial charge in [-0.05, 0) is 6.92 Å². The quantitative estimate of drug-likeness (QED) is 0.693. The van der Waals surface area contributed by atoms with Crippen molar-refractivity contribution in [2.75, 3.05) is 0 Å². The van der Waals surface area contributed by atoms with Gasteiger partial charge >= 0.3 is 0 Å². The highest BCUT2D eigenvalue weighted by molar-refractivity contribution is 7.89. The molecule has 0 amide bonds. The van der Waals surface area contributed by atoms with Gasteiger partial charge in [0.2, 0.25) is 0 Å². The van der Waals surface area contributed by atoms with Gasteiger partial charge in [-0.1, -0.05) is 19.0 Å². The molecule has 0 aromatic carbocycles. The van der Waals surface area contributed by atoms with Gasteiger partial charge in [-0.3, -0.25) is 5.10 Å². The summed E-state index contributed by atoms with van der Waals surface area (Å²) >= 11 is 0. The lowest BCUT2D eigenvalue weighted by Crippen LogP contribution is -2.27. The van der Waals surface area contributed by atoms with Crippen LogP contribution in [0.25, 0.3) is 0 Å². The van der Waals surface area contributed by atoms with Crippen molar-refractivity contribution in [1.82, 2.24) is 25.4 Å². The molecule has 8 nitrogen and oxygen atoms in total. The van der Waals surface area contributed by atoms with Crippen LogP contribution in [0.3, 0.4) is 0 Å². The van der Waals surface area contributed by atoms with E-state index in [1.807, 2.05) is 13.8 Å². The van der Waals surface area contributed by atoms with E-state index in [0.29, 0.717) is 23.6 Å². The Hall–Kier alpha value is -1.71. The summed E-state index contributed by atoms with van der Waals surface area (Å²) in [6, 6.07) is 1.93. The Bertz CT molecular complexity index is 689. The van der Waals surface area contributed by atoms with Gasteiger partial charge in [0.25, 0.3) is 10.0 Å². The maximum atomic E-state index is 12.3. The molecular formula is C12H19N5O3S. The molecule has 9 heteroatoms. The number of rotatable bonds is 7. The Labute approximate surface area is 123 Å². The first kappa shape index (κ1) is 15.7. The molecule has 0 radical (unpaired) electrons. The average molecular weight is 313 g/mol. The van der Waals surface area contributed by atoms with Crippen LogP contribution >= 0.6 is 0 Å². The molecule has 0 aliphatic carbocycles. The fourth-order valence-corrected chi connectivity index (χ4v) is 2.84. The number of nitrogens with zero attached hydrogens (tertiary/aromatic N) is 2. The summed E-state index contributed by atoms with van der Waals surface area (Å²) < 4.78 is 31.9. The first-order valence-corrected chi connectivity index (χ1v) is 8.04. The highest BCUT2D eigenvalue weighted by atomic mass is 32.2. The minimum atomic E-state index is -3.67. The molecular weight excluding hydrogens is 294 g/mol. The molecule has 0 saturated heterocycles.